The zero-order valence-electron chi connectivity index (χ0n) is 20.0. The molecule has 6 aromatic rings. The monoisotopic (exact) mass is 481 g/mol. The summed E-state index contributed by atoms with van der Waals surface area (Å²) in [6.07, 6.45) is -0.172. The molecule has 0 saturated heterocycles. The van der Waals surface area contributed by atoms with Crippen molar-refractivity contribution in [2.24, 2.45) is 7.05 Å². The molecule has 36 heavy (non-hydrogen) atoms. The SMILES string of the molecule is Cc1ccc2c[n+](C)c3ccc(-c4ccc5ccn(Cc6ccc(C(F)(F)F)cc6)c5c4)cc3c2c1. The summed E-state index contributed by atoms with van der Waals surface area (Å²) in [5.74, 6) is 0. The van der Waals surface area contributed by atoms with Crippen LogP contribution in [0.1, 0.15) is 16.7 Å². The second kappa shape index (κ2) is 8.23. The predicted octanol–water partition coefficient (Wildman–Crippen LogP) is 7.81. The van der Waals surface area contributed by atoms with Gasteiger partial charge in [-0.3, -0.25) is 0 Å². The molecule has 0 radical (unpaired) electrons. The summed E-state index contributed by atoms with van der Waals surface area (Å²) in [7, 11) is 2.07. The number of aryl methyl sites for hydroxylation is 2. The van der Waals surface area contributed by atoms with Crippen LogP contribution in [0, 0.1) is 6.92 Å². The standard InChI is InChI=1S/C31H24F3N2/c1-20-3-6-25-19-35(2)29-12-9-23(16-28(29)27(25)15-20)24-8-7-22-13-14-36(30(22)17-24)18-21-4-10-26(11-5-21)31(32,33)34/h3-17,19H,18H2,1-2H3/q+1. The molecule has 5 heteroatoms. The van der Waals surface area contributed by atoms with Gasteiger partial charge in [-0.2, -0.15) is 13.2 Å². The minimum Gasteiger partial charge on any atom is -0.343 e. The summed E-state index contributed by atoms with van der Waals surface area (Å²) >= 11 is 0. The highest BCUT2D eigenvalue weighted by Crippen LogP contribution is 2.32. The smallest absolute Gasteiger partial charge is 0.343 e. The third kappa shape index (κ3) is 3.91. The second-order valence-electron chi connectivity index (χ2n) is 9.47. The van der Waals surface area contributed by atoms with E-state index in [0.29, 0.717) is 6.54 Å². The molecule has 0 bridgehead atoms. The summed E-state index contributed by atoms with van der Waals surface area (Å²) in [6.45, 7) is 2.61. The molecule has 4 aromatic carbocycles. The van der Waals surface area contributed by atoms with Crippen molar-refractivity contribution in [3.63, 3.8) is 0 Å². The van der Waals surface area contributed by atoms with Crippen LogP contribution in [0.25, 0.3) is 43.7 Å². The third-order valence-corrected chi connectivity index (χ3v) is 6.95. The Labute approximate surface area is 206 Å². The molecule has 6 rings (SSSR count). The van der Waals surface area contributed by atoms with Gasteiger partial charge in [0.15, 0.2) is 6.20 Å². The molecule has 0 N–H and O–H groups in total. The van der Waals surface area contributed by atoms with Gasteiger partial charge >= 0.3 is 6.18 Å². The van der Waals surface area contributed by atoms with Gasteiger partial charge in [0.25, 0.3) is 0 Å². The van der Waals surface area contributed by atoms with Crippen LogP contribution in [0.15, 0.2) is 97.3 Å². The molecule has 0 saturated carbocycles. The van der Waals surface area contributed by atoms with E-state index in [2.05, 4.69) is 83.9 Å². The number of fused-ring (bicyclic) bond motifs is 4. The van der Waals surface area contributed by atoms with E-state index < -0.39 is 11.7 Å². The molecule has 2 aromatic heterocycles. The molecule has 0 atom stereocenters. The van der Waals surface area contributed by atoms with Gasteiger partial charge in [0.1, 0.15) is 7.05 Å². The summed E-state index contributed by atoms with van der Waals surface area (Å²) < 4.78 is 43.0. The Bertz CT molecular complexity index is 1760. The Morgan fingerprint density at radius 3 is 2.25 bits per heavy atom. The van der Waals surface area contributed by atoms with Crippen molar-refractivity contribution >= 4 is 32.6 Å². The lowest BCUT2D eigenvalue weighted by atomic mass is 9.98. The molecule has 0 aliphatic heterocycles. The first kappa shape index (κ1) is 22.4. The maximum Gasteiger partial charge on any atom is 0.416 e. The van der Waals surface area contributed by atoms with E-state index in [1.807, 2.05) is 12.3 Å². The van der Waals surface area contributed by atoms with E-state index >= 15 is 0 Å². The summed E-state index contributed by atoms with van der Waals surface area (Å²) in [5, 5.41) is 4.74. The molecule has 2 heterocycles. The average molecular weight is 482 g/mol. The molecule has 0 spiro atoms. The summed E-state index contributed by atoms with van der Waals surface area (Å²) in [6, 6.07) is 26.9. The number of benzene rings is 4. The van der Waals surface area contributed by atoms with Crippen LogP contribution in [0.4, 0.5) is 13.2 Å². The predicted molar refractivity (Wildman–Crippen MR) is 139 cm³/mol. The van der Waals surface area contributed by atoms with Gasteiger partial charge in [0.2, 0.25) is 5.52 Å². The van der Waals surface area contributed by atoms with Crippen molar-refractivity contribution in [2.45, 2.75) is 19.6 Å². The second-order valence-corrected chi connectivity index (χ2v) is 9.47. The zero-order valence-corrected chi connectivity index (χ0v) is 20.0. The van der Waals surface area contributed by atoms with E-state index in [1.54, 1.807) is 12.1 Å². The van der Waals surface area contributed by atoms with Crippen LogP contribution < -0.4 is 4.57 Å². The third-order valence-electron chi connectivity index (χ3n) is 6.95. The number of hydrogen-bond donors (Lipinski definition) is 0. The van der Waals surface area contributed by atoms with Crippen molar-refractivity contribution in [2.75, 3.05) is 0 Å². The highest BCUT2D eigenvalue weighted by atomic mass is 19.4. The first-order chi connectivity index (χ1) is 17.3. The molecule has 0 aliphatic rings. The number of rotatable bonds is 3. The van der Waals surface area contributed by atoms with Gasteiger partial charge in [0, 0.05) is 35.1 Å². The van der Waals surface area contributed by atoms with Crippen molar-refractivity contribution in [1.82, 2.24) is 4.57 Å². The lowest BCUT2D eigenvalue weighted by molar-refractivity contribution is -0.643. The maximum absolute atomic E-state index is 12.9. The average Bonchev–Trinajstić information content (AvgIpc) is 3.26. The highest BCUT2D eigenvalue weighted by molar-refractivity contribution is 6.05. The van der Waals surface area contributed by atoms with E-state index in [9.17, 15) is 13.2 Å². The number of halogens is 3. The summed E-state index contributed by atoms with van der Waals surface area (Å²) in [4.78, 5) is 0. The Kier molecular flexibility index (Phi) is 5.11. The summed E-state index contributed by atoms with van der Waals surface area (Å²) in [5.41, 5.74) is 5.87. The Balaban J connectivity index is 1.42. The topological polar surface area (TPSA) is 8.81 Å². The quantitative estimate of drug-likeness (QED) is 0.180. The van der Waals surface area contributed by atoms with E-state index in [1.165, 1.54) is 27.2 Å². The number of nitrogens with zero attached hydrogens (tertiary/aromatic N) is 2. The lowest BCUT2D eigenvalue weighted by Gasteiger charge is -2.10. The molecule has 178 valence electrons. The van der Waals surface area contributed by atoms with Crippen LogP contribution in [0.2, 0.25) is 0 Å². The fourth-order valence-electron chi connectivity index (χ4n) is 5.03. The fourth-order valence-corrected chi connectivity index (χ4v) is 5.03. The number of pyridine rings is 1. The molecule has 0 amide bonds. The normalized spacial score (nSPS) is 12.1. The molecule has 0 fully saturated rings. The number of alkyl halides is 3. The van der Waals surface area contributed by atoms with Gasteiger partial charge in [-0.05, 0) is 71.5 Å². The van der Waals surface area contributed by atoms with E-state index in [-0.39, 0.29) is 0 Å². The first-order valence-electron chi connectivity index (χ1n) is 11.8. The van der Waals surface area contributed by atoms with Crippen molar-refractivity contribution in [3.05, 3.63) is 114 Å². The van der Waals surface area contributed by atoms with Crippen molar-refractivity contribution in [1.29, 1.82) is 0 Å². The first-order valence-corrected chi connectivity index (χ1v) is 11.8. The molecule has 2 nitrogen and oxygen atoms in total. The lowest BCUT2D eigenvalue weighted by Crippen LogP contribution is -2.28. The maximum atomic E-state index is 12.9. The Morgan fingerprint density at radius 2 is 1.47 bits per heavy atom. The molecular formula is C31H24F3N2+. The number of aromatic nitrogens is 2. The zero-order chi connectivity index (χ0) is 25.0. The van der Waals surface area contributed by atoms with Gasteiger partial charge in [-0.15, -0.1) is 0 Å². The largest absolute Gasteiger partial charge is 0.416 e. The van der Waals surface area contributed by atoms with Gasteiger partial charge in [-0.1, -0.05) is 42.0 Å². The van der Waals surface area contributed by atoms with E-state index in [4.69, 9.17) is 0 Å². The van der Waals surface area contributed by atoms with Crippen LogP contribution in [0.5, 0.6) is 0 Å². The van der Waals surface area contributed by atoms with Crippen molar-refractivity contribution < 1.29 is 17.7 Å². The van der Waals surface area contributed by atoms with Crippen LogP contribution in [0.3, 0.4) is 0 Å². The Hall–Kier alpha value is -4.12. The van der Waals surface area contributed by atoms with Crippen LogP contribution >= 0.6 is 0 Å². The van der Waals surface area contributed by atoms with Crippen molar-refractivity contribution in [3.8, 4) is 11.1 Å². The minimum absolute atomic E-state index is 0.503. The van der Waals surface area contributed by atoms with Crippen LogP contribution in [-0.4, -0.2) is 4.57 Å². The van der Waals surface area contributed by atoms with Gasteiger partial charge in [-0.25, -0.2) is 4.57 Å². The highest BCUT2D eigenvalue weighted by Gasteiger charge is 2.29. The fraction of sp³-hybridized carbons (Fsp3) is 0.129. The van der Waals surface area contributed by atoms with Gasteiger partial charge in [0.05, 0.1) is 10.9 Å². The molecule has 0 aliphatic carbocycles. The van der Waals surface area contributed by atoms with E-state index in [0.717, 1.165) is 39.7 Å². The van der Waals surface area contributed by atoms with Crippen LogP contribution in [-0.2, 0) is 19.8 Å². The molecular weight excluding hydrogens is 457 g/mol. The minimum atomic E-state index is -4.32. The molecule has 0 unspecified atom stereocenters. The number of hydrogen-bond acceptors (Lipinski definition) is 0. The van der Waals surface area contributed by atoms with Gasteiger partial charge < -0.3 is 4.57 Å². The Morgan fingerprint density at radius 1 is 0.750 bits per heavy atom.